The van der Waals surface area contributed by atoms with Gasteiger partial charge in [-0.05, 0) is 56.5 Å². The van der Waals surface area contributed by atoms with E-state index in [2.05, 4.69) is 42.4 Å². The second kappa shape index (κ2) is 11.0. The van der Waals surface area contributed by atoms with Crippen LogP contribution in [-0.4, -0.2) is 52.4 Å². The van der Waals surface area contributed by atoms with Crippen LogP contribution in [0.25, 0.3) is 0 Å². The lowest BCUT2D eigenvalue weighted by atomic mass is 9.74. The highest BCUT2D eigenvalue weighted by Gasteiger charge is 2.19. The van der Waals surface area contributed by atoms with Crippen molar-refractivity contribution in [1.29, 1.82) is 0 Å². The van der Waals surface area contributed by atoms with Gasteiger partial charge in [-0.25, -0.2) is 18.1 Å². The molecule has 3 aromatic rings. The second-order valence-corrected chi connectivity index (χ2v) is 10.0. The van der Waals surface area contributed by atoms with Crippen molar-refractivity contribution in [3.8, 4) is 5.75 Å². The molecule has 0 atom stereocenters. The number of nitrogens with one attached hydrogen (secondary N) is 3. The first kappa shape index (κ1) is 24.8. The monoisotopic (exact) mass is 494 g/mol. The summed E-state index contributed by atoms with van der Waals surface area (Å²) in [5, 5.41) is 6.47. The summed E-state index contributed by atoms with van der Waals surface area (Å²) in [7, 11) is -1.57. The number of para-hydroxylation sites is 1. The van der Waals surface area contributed by atoms with Crippen molar-refractivity contribution in [3.63, 3.8) is 0 Å². The molecule has 1 aliphatic heterocycles. The van der Waals surface area contributed by atoms with Crippen LogP contribution >= 0.6 is 0 Å². The molecule has 1 aromatic heterocycles. The van der Waals surface area contributed by atoms with E-state index in [4.69, 9.17) is 4.74 Å². The van der Waals surface area contributed by atoms with Gasteiger partial charge in [-0.3, -0.25) is 0 Å². The van der Waals surface area contributed by atoms with E-state index in [0.717, 1.165) is 35.7 Å². The minimum atomic E-state index is -3.64. The Kier molecular flexibility index (Phi) is 7.77. The van der Waals surface area contributed by atoms with Gasteiger partial charge in [0.1, 0.15) is 16.5 Å². The van der Waals surface area contributed by atoms with E-state index in [1.807, 2.05) is 19.8 Å². The normalized spacial score (nSPS) is 13.5. The number of sulfonamides is 1. The van der Waals surface area contributed by atoms with E-state index in [9.17, 15) is 8.42 Å². The van der Waals surface area contributed by atoms with Crippen LogP contribution in [0.3, 0.4) is 0 Å². The minimum Gasteiger partial charge on any atom is -0.492 e. The quantitative estimate of drug-likeness (QED) is 0.369. The highest BCUT2D eigenvalue weighted by molar-refractivity contribution is 7.89. The maximum atomic E-state index is 12.5. The Morgan fingerprint density at radius 2 is 1.86 bits per heavy atom. The van der Waals surface area contributed by atoms with Crippen molar-refractivity contribution in [2.75, 3.05) is 42.3 Å². The van der Waals surface area contributed by atoms with Crippen LogP contribution in [0.2, 0.25) is 6.82 Å². The molecule has 4 rings (SSSR count). The molecule has 0 spiro atoms. The number of rotatable bonds is 10. The smallest absolute Gasteiger partial charge is 0.242 e. The molecule has 184 valence electrons. The summed E-state index contributed by atoms with van der Waals surface area (Å²) in [4.78, 5) is 11.7. The molecule has 2 heterocycles. The molecule has 0 amide bonds. The fraction of sp³-hybridized carbons (Fsp3) is 0.333. The minimum absolute atomic E-state index is 0.147. The maximum Gasteiger partial charge on any atom is 0.242 e. The van der Waals surface area contributed by atoms with Gasteiger partial charge in [0.05, 0.1) is 18.0 Å². The van der Waals surface area contributed by atoms with Crippen LogP contribution < -0.4 is 30.5 Å². The molecule has 0 unspecified atom stereocenters. The Bertz CT molecular complexity index is 1280. The molecule has 1 saturated heterocycles. The Morgan fingerprint density at radius 3 is 2.57 bits per heavy atom. The van der Waals surface area contributed by atoms with Crippen molar-refractivity contribution in [2.24, 2.45) is 0 Å². The number of hydrogen-bond donors (Lipinski definition) is 3. The summed E-state index contributed by atoms with van der Waals surface area (Å²) < 4.78 is 33.2. The number of aromatic nitrogens is 2. The average molecular weight is 494 g/mol. The summed E-state index contributed by atoms with van der Waals surface area (Å²) in [6.07, 6.45) is 4.15. The number of anilines is 5. The lowest BCUT2D eigenvalue weighted by Crippen LogP contribution is -2.22. The van der Waals surface area contributed by atoms with Crippen molar-refractivity contribution < 1.29 is 13.2 Å². The van der Waals surface area contributed by atoms with Crippen molar-refractivity contribution in [3.05, 3.63) is 48.7 Å². The molecule has 0 radical (unpaired) electrons. The molecular weight excluding hydrogens is 463 g/mol. The van der Waals surface area contributed by atoms with Gasteiger partial charge >= 0.3 is 0 Å². The van der Waals surface area contributed by atoms with E-state index >= 15 is 0 Å². The fourth-order valence-electron chi connectivity index (χ4n) is 4.06. The van der Waals surface area contributed by atoms with Gasteiger partial charge < -0.3 is 20.3 Å². The topological polar surface area (TPSA) is 108 Å². The Labute approximate surface area is 207 Å². The summed E-state index contributed by atoms with van der Waals surface area (Å²) in [5.41, 5.74) is 3.21. The first-order valence-electron chi connectivity index (χ1n) is 11.9. The van der Waals surface area contributed by atoms with Crippen LogP contribution in [0.15, 0.2) is 53.6 Å². The van der Waals surface area contributed by atoms with Crippen LogP contribution in [0.5, 0.6) is 5.75 Å². The zero-order chi connectivity index (χ0) is 24.8. The van der Waals surface area contributed by atoms with E-state index in [-0.39, 0.29) is 4.90 Å². The van der Waals surface area contributed by atoms with Crippen molar-refractivity contribution >= 4 is 51.6 Å². The highest BCUT2D eigenvalue weighted by atomic mass is 32.2. The molecule has 0 bridgehead atoms. The molecule has 1 fully saturated rings. The summed E-state index contributed by atoms with van der Waals surface area (Å²) in [6.45, 7) is 6.60. The highest BCUT2D eigenvalue weighted by Crippen LogP contribution is 2.33. The number of ether oxygens (including phenoxy) is 1. The van der Waals surface area contributed by atoms with Crippen LogP contribution in [0.1, 0.15) is 19.8 Å². The van der Waals surface area contributed by atoms with E-state index in [1.165, 1.54) is 19.9 Å². The molecule has 9 nitrogen and oxygen atoms in total. The zero-order valence-electron chi connectivity index (χ0n) is 20.3. The van der Waals surface area contributed by atoms with Gasteiger partial charge in [-0.2, -0.15) is 4.98 Å². The van der Waals surface area contributed by atoms with Gasteiger partial charge in [-0.15, -0.1) is 0 Å². The third-order valence-electron chi connectivity index (χ3n) is 5.93. The van der Waals surface area contributed by atoms with Crippen molar-refractivity contribution in [2.45, 2.75) is 31.5 Å². The summed E-state index contributed by atoms with van der Waals surface area (Å²) in [5.74, 6) is 1.66. The predicted molar refractivity (Wildman–Crippen MR) is 143 cm³/mol. The number of benzene rings is 2. The van der Waals surface area contributed by atoms with Gasteiger partial charge in [0.2, 0.25) is 16.0 Å². The molecule has 11 heteroatoms. The fourth-order valence-corrected chi connectivity index (χ4v) is 4.94. The first-order valence-corrected chi connectivity index (χ1v) is 13.4. The van der Waals surface area contributed by atoms with Gasteiger partial charge in [0.15, 0.2) is 7.28 Å². The standard InChI is InChI=1S/C24H31BN6O3S/c1-4-34-21-15-17(31-13-7-8-14-31)11-12-19(21)29-24-27-16-18(25-2)23(30-24)28-20-9-5-6-10-22(20)35(32,33)26-3/h5-6,9-12,15-16,25-26H,4,7-8,13-14H2,1-3H3,(H2,27,28,29,30). The molecule has 1 aliphatic rings. The SMILES string of the molecule is CBc1cnc(Nc2ccc(N3CCCC3)cc2OCC)nc1Nc1ccccc1S(=O)(=O)NC. The summed E-state index contributed by atoms with van der Waals surface area (Å²) in [6, 6.07) is 12.8. The third-order valence-corrected chi connectivity index (χ3v) is 7.40. The molecule has 0 saturated carbocycles. The molecule has 2 aromatic carbocycles. The van der Waals surface area contributed by atoms with E-state index in [1.54, 1.807) is 30.5 Å². The van der Waals surface area contributed by atoms with Crippen LogP contribution in [-0.2, 0) is 10.0 Å². The lowest BCUT2D eigenvalue weighted by molar-refractivity contribution is 0.342. The number of hydrogen-bond acceptors (Lipinski definition) is 8. The molecular formula is C24H31BN6O3S. The second-order valence-electron chi connectivity index (χ2n) is 8.18. The van der Waals surface area contributed by atoms with E-state index in [0.29, 0.717) is 31.3 Å². The lowest BCUT2D eigenvalue weighted by Gasteiger charge is -2.20. The Morgan fingerprint density at radius 1 is 1.09 bits per heavy atom. The Balaban J connectivity index is 1.64. The third kappa shape index (κ3) is 5.68. The first-order chi connectivity index (χ1) is 16.9. The predicted octanol–water partition coefficient (Wildman–Crippen LogP) is 2.98. The molecule has 0 aliphatic carbocycles. The zero-order valence-corrected chi connectivity index (χ0v) is 21.2. The van der Waals surface area contributed by atoms with Crippen LogP contribution in [0.4, 0.5) is 28.8 Å². The van der Waals surface area contributed by atoms with E-state index < -0.39 is 10.0 Å². The van der Waals surface area contributed by atoms with Crippen molar-refractivity contribution in [1.82, 2.24) is 14.7 Å². The largest absolute Gasteiger partial charge is 0.492 e. The van der Waals surface area contributed by atoms with Crippen LogP contribution in [0, 0.1) is 0 Å². The number of nitrogens with zero attached hydrogens (tertiary/aromatic N) is 3. The average Bonchev–Trinajstić information content (AvgIpc) is 3.41. The van der Waals surface area contributed by atoms with Gasteiger partial charge in [-0.1, -0.05) is 19.0 Å². The molecule has 3 N–H and O–H groups in total. The van der Waals surface area contributed by atoms with Gasteiger partial charge in [0, 0.05) is 31.0 Å². The maximum absolute atomic E-state index is 12.5. The van der Waals surface area contributed by atoms with Gasteiger partial charge in [0.25, 0.3) is 0 Å². The summed E-state index contributed by atoms with van der Waals surface area (Å²) >= 11 is 0. The molecule has 35 heavy (non-hydrogen) atoms. The Hall–Kier alpha value is -3.31.